The second-order valence-corrected chi connectivity index (χ2v) is 3.97. The minimum atomic E-state index is -0.503. The first-order chi connectivity index (χ1) is 8.50. The summed E-state index contributed by atoms with van der Waals surface area (Å²) in [5.74, 6) is 0.0245. The van der Waals surface area contributed by atoms with E-state index < -0.39 is 4.92 Å². The lowest BCUT2D eigenvalue weighted by molar-refractivity contribution is -0.384. The van der Waals surface area contributed by atoms with E-state index in [1.165, 1.54) is 0 Å². The molecule has 0 aliphatic rings. The molecule has 0 fully saturated rings. The van der Waals surface area contributed by atoms with Crippen molar-refractivity contribution in [3.63, 3.8) is 0 Å². The molecule has 1 aromatic carbocycles. The molecule has 0 spiro atoms. The summed E-state index contributed by atoms with van der Waals surface area (Å²) in [6, 6.07) is 5.56. The van der Waals surface area contributed by atoms with Gasteiger partial charge < -0.3 is 5.73 Å². The van der Waals surface area contributed by atoms with Crippen LogP contribution in [0.5, 0.6) is 0 Å². The smallest absolute Gasteiger partial charge is 0.313 e. The topological polar surface area (TPSA) is 94.9 Å². The molecule has 0 radical (unpaired) electrons. The number of nitro groups is 1. The van der Waals surface area contributed by atoms with Crippen LogP contribution in [-0.2, 0) is 0 Å². The highest BCUT2D eigenvalue weighted by atomic mass is 16.6. The molecule has 6 heteroatoms. The minimum absolute atomic E-state index is 0.0245. The van der Waals surface area contributed by atoms with E-state index in [-0.39, 0.29) is 17.3 Å². The zero-order valence-corrected chi connectivity index (χ0v) is 10.0. The third-order valence-electron chi connectivity index (χ3n) is 2.84. The molecule has 0 aliphatic carbocycles. The van der Waals surface area contributed by atoms with Crippen molar-refractivity contribution in [3.05, 3.63) is 45.6 Å². The van der Waals surface area contributed by atoms with Gasteiger partial charge in [-0.1, -0.05) is 18.2 Å². The van der Waals surface area contributed by atoms with Crippen molar-refractivity contribution in [2.24, 2.45) is 0 Å². The molecule has 0 aliphatic heterocycles. The molecule has 0 saturated carbocycles. The van der Waals surface area contributed by atoms with Gasteiger partial charge in [-0.05, 0) is 25.0 Å². The Kier molecular flexibility index (Phi) is 2.93. The molecule has 0 bridgehead atoms. The molecule has 0 amide bonds. The Morgan fingerprint density at radius 3 is 2.72 bits per heavy atom. The third kappa shape index (κ3) is 2.00. The standard InChI is InChI=1S/C12H12N4O2/c1-7-4-3-5-9(8(7)2)11-10(16(17)18)6-14-12(13)15-11/h3-6H,1-2H3,(H2,13,14,15). The van der Waals surface area contributed by atoms with Gasteiger partial charge in [0, 0.05) is 5.56 Å². The molecule has 0 saturated heterocycles. The lowest BCUT2D eigenvalue weighted by Crippen LogP contribution is -2.02. The van der Waals surface area contributed by atoms with Crippen molar-refractivity contribution >= 4 is 11.6 Å². The number of hydrogen-bond acceptors (Lipinski definition) is 5. The fourth-order valence-electron chi connectivity index (χ4n) is 1.73. The summed E-state index contributed by atoms with van der Waals surface area (Å²) in [7, 11) is 0. The zero-order chi connectivity index (χ0) is 13.3. The zero-order valence-electron chi connectivity index (χ0n) is 10.0. The highest BCUT2D eigenvalue weighted by Gasteiger charge is 2.19. The second-order valence-electron chi connectivity index (χ2n) is 3.97. The summed E-state index contributed by atoms with van der Waals surface area (Å²) in [6.45, 7) is 3.84. The number of nitrogens with zero attached hydrogens (tertiary/aromatic N) is 3. The van der Waals surface area contributed by atoms with Crippen LogP contribution in [0.25, 0.3) is 11.3 Å². The normalized spacial score (nSPS) is 10.3. The van der Waals surface area contributed by atoms with Crippen LogP contribution in [0.4, 0.5) is 11.6 Å². The van der Waals surface area contributed by atoms with E-state index in [9.17, 15) is 10.1 Å². The van der Waals surface area contributed by atoms with Gasteiger partial charge in [-0.15, -0.1) is 0 Å². The first kappa shape index (κ1) is 12.0. The van der Waals surface area contributed by atoms with Gasteiger partial charge >= 0.3 is 5.69 Å². The summed E-state index contributed by atoms with van der Waals surface area (Å²) >= 11 is 0. The van der Waals surface area contributed by atoms with Gasteiger partial charge in [0.05, 0.1) is 4.92 Å². The van der Waals surface area contributed by atoms with E-state index >= 15 is 0 Å². The van der Waals surface area contributed by atoms with Crippen molar-refractivity contribution in [1.82, 2.24) is 9.97 Å². The maximum Gasteiger partial charge on any atom is 0.313 e. The van der Waals surface area contributed by atoms with E-state index in [1.54, 1.807) is 6.07 Å². The molecular formula is C12H12N4O2. The molecule has 18 heavy (non-hydrogen) atoms. The predicted molar refractivity (Wildman–Crippen MR) is 68.0 cm³/mol. The monoisotopic (exact) mass is 244 g/mol. The average Bonchev–Trinajstić information content (AvgIpc) is 2.32. The molecule has 2 aromatic rings. The maximum atomic E-state index is 11.0. The van der Waals surface area contributed by atoms with Gasteiger partial charge in [0.25, 0.3) is 0 Å². The number of benzene rings is 1. The van der Waals surface area contributed by atoms with Crippen molar-refractivity contribution in [1.29, 1.82) is 0 Å². The van der Waals surface area contributed by atoms with Crippen molar-refractivity contribution in [2.75, 3.05) is 5.73 Å². The number of nitrogens with two attached hydrogens (primary N) is 1. The summed E-state index contributed by atoms with van der Waals surface area (Å²) in [6.07, 6.45) is 1.14. The molecule has 92 valence electrons. The second kappa shape index (κ2) is 4.40. The highest BCUT2D eigenvalue weighted by Crippen LogP contribution is 2.31. The molecule has 1 heterocycles. The fraction of sp³-hybridized carbons (Fsp3) is 0.167. The van der Waals surface area contributed by atoms with E-state index in [4.69, 9.17) is 5.73 Å². The quantitative estimate of drug-likeness (QED) is 0.645. The Bertz CT molecular complexity index is 625. The molecule has 0 atom stereocenters. The summed E-state index contributed by atoms with van der Waals surface area (Å²) < 4.78 is 0. The molecule has 6 nitrogen and oxygen atoms in total. The van der Waals surface area contributed by atoms with Crippen LogP contribution in [0, 0.1) is 24.0 Å². The maximum absolute atomic E-state index is 11.0. The molecule has 2 rings (SSSR count). The van der Waals surface area contributed by atoms with Crippen LogP contribution >= 0.6 is 0 Å². The summed E-state index contributed by atoms with van der Waals surface area (Å²) in [5, 5.41) is 11.0. The Morgan fingerprint density at radius 2 is 2.06 bits per heavy atom. The van der Waals surface area contributed by atoms with E-state index in [0.29, 0.717) is 5.56 Å². The first-order valence-electron chi connectivity index (χ1n) is 5.34. The van der Waals surface area contributed by atoms with Crippen LogP contribution in [0.1, 0.15) is 11.1 Å². The van der Waals surface area contributed by atoms with Crippen LogP contribution < -0.4 is 5.73 Å². The number of anilines is 1. The van der Waals surface area contributed by atoms with Crippen molar-refractivity contribution in [3.8, 4) is 11.3 Å². The highest BCUT2D eigenvalue weighted by molar-refractivity contribution is 5.73. The molecular weight excluding hydrogens is 232 g/mol. The lowest BCUT2D eigenvalue weighted by atomic mass is 10.0. The average molecular weight is 244 g/mol. The third-order valence-corrected chi connectivity index (χ3v) is 2.84. The van der Waals surface area contributed by atoms with Crippen molar-refractivity contribution in [2.45, 2.75) is 13.8 Å². The minimum Gasteiger partial charge on any atom is -0.368 e. The number of nitrogen functional groups attached to an aromatic ring is 1. The number of aryl methyl sites for hydroxylation is 1. The van der Waals surface area contributed by atoms with Gasteiger partial charge in [0.1, 0.15) is 6.20 Å². The number of aromatic nitrogens is 2. The van der Waals surface area contributed by atoms with Crippen LogP contribution in [0.3, 0.4) is 0 Å². The molecule has 1 aromatic heterocycles. The van der Waals surface area contributed by atoms with E-state index in [1.807, 2.05) is 26.0 Å². The summed E-state index contributed by atoms with van der Waals surface area (Å²) in [4.78, 5) is 18.1. The lowest BCUT2D eigenvalue weighted by Gasteiger charge is -2.08. The van der Waals surface area contributed by atoms with Crippen LogP contribution in [-0.4, -0.2) is 14.9 Å². The molecule has 2 N–H and O–H groups in total. The van der Waals surface area contributed by atoms with E-state index in [2.05, 4.69) is 9.97 Å². The number of hydrogen-bond donors (Lipinski definition) is 1. The Labute approximate surface area is 104 Å². The largest absolute Gasteiger partial charge is 0.368 e. The van der Waals surface area contributed by atoms with Gasteiger partial charge in [-0.2, -0.15) is 0 Å². The Hall–Kier alpha value is -2.50. The fourth-order valence-corrected chi connectivity index (χ4v) is 1.73. The van der Waals surface area contributed by atoms with Crippen molar-refractivity contribution < 1.29 is 4.92 Å². The summed E-state index contributed by atoms with van der Waals surface area (Å²) in [5.41, 5.74) is 8.31. The Balaban J connectivity index is 2.73. The van der Waals surface area contributed by atoms with Gasteiger partial charge in [0.15, 0.2) is 5.69 Å². The van der Waals surface area contributed by atoms with Gasteiger partial charge in [-0.25, -0.2) is 9.97 Å². The van der Waals surface area contributed by atoms with Crippen LogP contribution in [0.2, 0.25) is 0 Å². The van der Waals surface area contributed by atoms with Crippen LogP contribution in [0.15, 0.2) is 24.4 Å². The van der Waals surface area contributed by atoms with Gasteiger partial charge in [-0.3, -0.25) is 10.1 Å². The predicted octanol–water partition coefficient (Wildman–Crippen LogP) is 2.25. The SMILES string of the molecule is Cc1cccc(-c2nc(N)ncc2[N+](=O)[O-])c1C. The Morgan fingerprint density at radius 1 is 1.33 bits per heavy atom. The van der Waals surface area contributed by atoms with Gasteiger partial charge in [0.2, 0.25) is 5.95 Å². The van der Waals surface area contributed by atoms with E-state index in [0.717, 1.165) is 17.3 Å². The number of rotatable bonds is 2. The first-order valence-corrected chi connectivity index (χ1v) is 5.34. The molecule has 0 unspecified atom stereocenters.